The molecule has 0 saturated heterocycles. The molecule has 2 aliphatic carbocycles. The highest BCUT2D eigenvalue weighted by Crippen LogP contribution is 2.65. The topological polar surface area (TPSA) is 55.4 Å². The van der Waals surface area contributed by atoms with Crippen LogP contribution < -0.4 is 10.1 Å². The van der Waals surface area contributed by atoms with E-state index in [2.05, 4.69) is 11.9 Å². The number of hydrogen-bond acceptors (Lipinski definition) is 3. The van der Waals surface area contributed by atoms with Crippen LogP contribution in [-0.4, -0.2) is 23.8 Å². The van der Waals surface area contributed by atoms with Gasteiger partial charge >= 0.3 is 0 Å². The molecule has 0 bridgehead atoms. The van der Waals surface area contributed by atoms with Gasteiger partial charge in [-0.1, -0.05) is 17.7 Å². The number of ketones is 1. The number of benzene rings is 1. The van der Waals surface area contributed by atoms with Crippen molar-refractivity contribution in [3.05, 3.63) is 41.4 Å². The smallest absolute Gasteiger partial charge is 0.224 e. The molecule has 23 heavy (non-hydrogen) atoms. The molecule has 4 rings (SSSR count). The zero-order valence-electron chi connectivity index (χ0n) is 12.7. The lowest BCUT2D eigenvalue weighted by Gasteiger charge is -2.37. The highest BCUT2D eigenvalue weighted by molar-refractivity contribution is 6.31. The van der Waals surface area contributed by atoms with Gasteiger partial charge in [-0.15, -0.1) is 6.58 Å². The van der Waals surface area contributed by atoms with E-state index >= 15 is 0 Å². The number of hydrogen-bond donors (Lipinski definition) is 1. The molecule has 1 amide bonds. The Bertz CT molecular complexity index is 716. The molecule has 0 unspecified atom stereocenters. The van der Waals surface area contributed by atoms with Gasteiger partial charge in [-0.2, -0.15) is 0 Å². The van der Waals surface area contributed by atoms with Crippen molar-refractivity contribution in [2.75, 3.05) is 6.54 Å². The summed E-state index contributed by atoms with van der Waals surface area (Å²) in [6, 6.07) is 5.17. The molecule has 4 atom stereocenters. The molecule has 0 aromatic heterocycles. The summed E-state index contributed by atoms with van der Waals surface area (Å²) in [5, 5.41) is 3.40. The predicted octanol–water partition coefficient (Wildman–Crippen LogP) is 3.00. The highest BCUT2D eigenvalue weighted by Gasteiger charge is 2.70. The summed E-state index contributed by atoms with van der Waals surface area (Å²) in [4.78, 5) is 24.8. The molecule has 1 spiro atoms. The summed E-state index contributed by atoms with van der Waals surface area (Å²) in [5.74, 6) is 1.15. The summed E-state index contributed by atoms with van der Waals surface area (Å²) in [5.41, 5.74) is 0.0403. The van der Waals surface area contributed by atoms with E-state index in [1.165, 1.54) is 0 Å². The van der Waals surface area contributed by atoms with Gasteiger partial charge < -0.3 is 10.1 Å². The van der Waals surface area contributed by atoms with Gasteiger partial charge in [0.2, 0.25) is 5.91 Å². The lowest BCUT2D eigenvalue weighted by Crippen LogP contribution is -2.44. The molecule has 4 nitrogen and oxygen atoms in total. The van der Waals surface area contributed by atoms with Crippen molar-refractivity contribution < 1.29 is 14.3 Å². The Hall–Kier alpha value is -1.81. The van der Waals surface area contributed by atoms with Gasteiger partial charge in [0.15, 0.2) is 5.78 Å². The molecule has 3 aliphatic rings. The van der Waals surface area contributed by atoms with E-state index in [0.29, 0.717) is 35.2 Å². The number of halogens is 1. The molecule has 0 radical (unpaired) electrons. The number of carbonyl (C=O) groups is 2. The Kier molecular flexibility index (Phi) is 3.27. The maximum atomic E-state index is 12.6. The number of ether oxygens (including phenoxy) is 1. The number of Topliss-reactive ketones (excluding diaryl/α,β-unsaturated/α-hetero) is 1. The van der Waals surface area contributed by atoms with Crippen LogP contribution in [0.15, 0.2) is 30.9 Å². The van der Waals surface area contributed by atoms with Gasteiger partial charge in [0.05, 0.1) is 12.0 Å². The van der Waals surface area contributed by atoms with E-state index in [4.69, 9.17) is 16.3 Å². The minimum absolute atomic E-state index is 0.0367. The van der Waals surface area contributed by atoms with E-state index in [-0.39, 0.29) is 23.5 Å². The van der Waals surface area contributed by atoms with Crippen LogP contribution in [-0.2, 0) is 4.79 Å². The Labute approximate surface area is 139 Å². The van der Waals surface area contributed by atoms with Crippen LogP contribution in [0, 0.1) is 17.8 Å². The summed E-state index contributed by atoms with van der Waals surface area (Å²) < 4.78 is 6.26. The van der Waals surface area contributed by atoms with Crippen LogP contribution >= 0.6 is 11.6 Å². The van der Waals surface area contributed by atoms with E-state index in [1.54, 1.807) is 24.3 Å². The second-order valence-corrected chi connectivity index (χ2v) is 7.13. The molecular formula is C18H18ClNO3. The molecule has 1 N–H and O–H groups in total. The van der Waals surface area contributed by atoms with Gasteiger partial charge in [0.1, 0.15) is 11.4 Å². The third kappa shape index (κ3) is 2.19. The molecule has 1 aromatic carbocycles. The molecule has 1 heterocycles. The van der Waals surface area contributed by atoms with Crippen LogP contribution in [0.2, 0.25) is 5.02 Å². The predicted molar refractivity (Wildman–Crippen MR) is 86.7 cm³/mol. The normalized spacial score (nSPS) is 33.6. The van der Waals surface area contributed by atoms with Gasteiger partial charge in [-0.05, 0) is 37.0 Å². The molecule has 1 aromatic rings. The molecule has 2 saturated carbocycles. The molecule has 120 valence electrons. The fraction of sp³-hybridized carbons (Fsp3) is 0.444. The first kappa shape index (κ1) is 14.8. The highest BCUT2D eigenvalue weighted by atomic mass is 35.5. The van der Waals surface area contributed by atoms with Crippen LogP contribution in [0.1, 0.15) is 29.6 Å². The fourth-order valence-corrected chi connectivity index (χ4v) is 4.60. The Morgan fingerprint density at radius 2 is 2.35 bits per heavy atom. The standard InChI is InChI=1S/C18H18ClNO3/c1-2-7-20-17(22)15-11-5-6-18(16(11)15)9-13(21)12-8-10(19)3-4-14(12)23-18/h2-4,8,11,15-16H,1,5-7,9H2,(H,20,22)/t11-,15+,16-,18+/m0/s1. The number of carbonyl (C=O) groups excluding carboxylic acids is 2. The average Bonchev–Trinajstić information content (AvgIpc) is 3.18. The van der Waals surface area contributed by atoms with Crippen molar-refractivity contribution in [2.24, 2.45) is 17.8 Å². The fourth-order valence-electron chi connectivity index (χ4n) is 4.43. The summed E-state index contributed by atoms with van der Waals surface area (Å²) >= 11 is 5.97. The maximum Gasteiger partial charge on any atom is 0.224 e. The van der Waals surface area contributed by atoms with Gasteiger partial charge in [0, 0.05) is 23.4 Å². The summed E-state index contributed by atoms with van der Waals surface area (Å²) in [6.07, 6.45) is 3.79. The van der Waals surface area contributed by atoms with Crippen molar-refractivity contribution >= 4 is 23.3 Å². The maximum absolute atomic E-state index is 12.6. The second-order valence-electron chi connectivity index (χ2n) is 6.70. The van der Waals surface area contributed by atoms with E-state index in [9.17, 15) is 9.59 Å². The second kappa shape index (κ2) is 5.10. The monoisotopic (exact) mass is 331 g/mol. The largest absolute Gasteiger partial charge is 0.486 e. The van der Waals surface area contributed by atoms with E-state index in [0.717, 1.165) is 12.8 Å². The van der Waals surface area contributed by atoms with Crippen molar-refractivity contribution in [1.29, 1.82) is 0 Å². The zero-order chi connectivity index (χ0) is 16.2. The van der Waals surface area contributed by atoms with Crippen molar-refractivity contribution in [3.8, 4) is 5.75 Å². The Balaban J connectivity index is 1.59. The van der Waals surface area contributed by atoms with Crippen LogP contribution in [0.25, 0.3) is 0 Å². The van der Waals surface area contributed by atoms with E-state index < -0.39 is 5.60 Å². The number of nitrogens with one attached hydrogen (secondary N) is 1. The molecule has 2 fully saturated rings. The third-order valence-electron chi connectivity index (χ3n) is 5.42. The average molecular weight is 332 g/mol. The summed E-state index contributed by atoms with van der Waals surface area (Å²) in [6.45, 7) is 4.09. The number of amides is 1. The summed E-state index contributed by atoms with van der Waals surface area (Å²) in [7, 11) is 0. The van der Waals surface area contributed by atoms with Crippen LogP contribution in [0.3, 0.4) is 0 Å². The Morgan fingerprint density at radius 1 is 1.52 bits per heavy atom. The minimum atomic E-state index is -0.515. The minimum Gasteiger partial charge on any atom is -0.486 e. The van der Waals surface area contributed by atoms with Gasteiger partial charge in [-0.25, -0.2) is 0 Å². The first-order chi connectivity index (χ1) is 11.1. The van der Waals surface area contributed by atoms with Crippen molar-refractivity contribution in [2.45, 2.75) is 24.9 Å². The van der Waals surface area contributed by atoms with Gasteiger partial charge in [0.25, 0.3) is 0 Å². The molecule has 1 aliphatic heterocycles. The van der Waals surface area contributed by atoms with Gasteiger partial charge in [-0.3, -0.25) is 9.59 Å². The number of fused-ring (bicyclic) bond motifs is 3. The Morgan fingerprint density at radius 3 is 3.13 bits per heavy atom. The lowest BCUT2D eigenvalue weighted by atomic mass is 9.84. The molecule has 5 heteroatoms. The molecular weight excluding hydrogens is 314 g/mol. The first-order valence-electron chi connectivity index (χ1n) is 7.96. The van der Waals surface area contributed by atoms with Crippen molar-refractivity contribution in [1.82, 2.24) is 5.32 Å². The third-order valence-corrected chi connectivity index (χ3v) is 5.65. The van der Waals surface area contributed by atoms with Crippen molar-refractivity contribution in [3.63, 3.8) is 0 Å². The SMILES string of the molecule is C=CCNC(=O)[C@@H]1[C@@H]2CC[C@@]3(CC(=O)c4cc(Cl)ccc4O3)[C@@H]21. The first-order valence-corrected chi connectivity index (χ1v) is 8.34. The number of rotatable bonds is 3. The lowest BCUT2D eigenvalue weighted by molar-refractivity contribution is -0.123. The quantitative estimate of drug-likeness (QED) is 0.866. The zero-order valence-corrected chi connectivity index (χ0v) is 13.4. The van der Waals surface area contributed by atoms with Crippen LogP contribution in [0.4, 0.5) is 0 Å². The van der Waals surface area contributed by atoms with E-state index in [1.807, 2.05) is 0 Å². The van der Waals surface area contributed by atoms with Crippen LogP contribution in [0.5, 0.6) is 5.75 Å².